The minimum atomic E-state index is -0.622. The molecule has 2 saturated heterocycles. The van der Waals surface area contributed by atoms with Crippen LogP contribution >= 0.6 is 0 Å². The van der Waals surface area contributed by atoms with Crippen molar-refractivity contribution in [1.29, 1.82) is 0 Å². The number of aromatic amines is 1. The number of rotatable bonds is 2. The standard InChI is InChI=1S/C13H14N4O4.CH2O2/c18-10-5-21-11-9(4-20-12(10)11)14-13(19)6-1-2-7-8(3-6)16-17-15-7;2-1-3/h1-3,9-12,18H,4-5H2,(H,14,19)(H,15,16,17);1H,(H,2,3)/t9-,10-,11-,12-;/m1./s1. The Morgan fingerprint density at radius 3 is 2.75 bits per heavy atom. The molecule has 4 rings (SSSR count). The molecule has 10 heteroatoms. The number of hydrogen-bond donors (Lipinski definition) is 4. The van der Waals surface area contributed by atoms with Crippen molar-refractivity contribution in [1.82, 2.24) is 20.7 Å². The average Bonchev–Trinajstić information content (AvgIpc) is 3.26. The number of fused-ring (bicyclic) bond motifs is 2. The highest BCUT2D eigenvalue weighted by Gasteiger charge is 2.47. The Morgan fingerprint density at radius 2 is 1.96 bits per heavy atom. The Bertz CT molecular complexity index is 735. The molecule has 1 amide bonds. The van der Waals surface area contributed by atoms with Crippen LogP contribution in [0.3, 0.4) is 0 Å². The van der Waals surface area contributed by atoms with Gasteiger partial charge >= 0.3 is 0 Å². The SMILES string of the molecule is O=C(N[C@@H]1CO[C@H]2[C@@H]1OC[C@H]2O)c1ccc2n[nH]nc2c1.O=CO. The third-order valence-corrected chi connectivity index (χ3v) is 3.92. The van der Waals surface area contributed by atoms with Gasteiger partial charge in [-0.1, -0.05) is 0 Å². The largest absolute Gasteiger partial charge is 0.483 e. The molecule has 0 unspecified atom stereocenters. The number of ether oxygens (including phenoxy) is 2. The molecule has 4 atom stereocenters. The van der Waals surface area contributed by atoms with Crippen LogP contribution in [0.2, 0.25) is 0 Å². The summed E-state index contributed by atoms with van der Waals surface area (Å²) in [5.41, 5.74) is 1.84. The van der Waals surface area contributed by atoms with Gasteiger partial charge in [-0.05, 0) is 18.2 Å². The van der Waals surface area contributed by atoms with Crippen molar-refractivity contribution >= 4 is 23.4 Å². The number of aliphatic hydroxyl groups is 1. The van der Waals surface area contributed by atoms with Gasteiger partial charge in [0.2, 0.25) is 0 Å². The topological polar surface area (TPSA) is 147 Å². The third-order valence-electron chi connectivity index (χ3n) is 3.92. The predicted molar refractivity (Wildman–Crippen MR) is 79.3 cm³/mol. The summed E-state index contributed by atoms with van der Waals surface area (Å²) in [5.74, 6) is -0.223. The molecule has 0 aliphatic carbocycles. The minimum Gasteiger partial charge on any atom is -0.483 e. The highest BCUT2D eigenvalue weighted by molar-refractivity contribution is 5.97. The Balaban J connectivity index is 0.000000526. The van der Waals surface area contributed by atoms with Crippen molar-refractivity contribution in [2.24, 2.45) is 0 Å². The van der Waals surface area contributed by atoms with Crippen molar-refractivity contribution in [3.05, 3.63) is 23.8 Å². The molecular weight excluding hydrogens is 320 g/mol. The van der Waals surface area contributed by atoms with Gasteiger partial charge in [-0.25, -0.2) is 0 Å². The van der Waals surface area contributed by atoms with Gasteiger partial charge in [-0.15, -0.1) is 0 Å². The van der Waals surface area contributed by atoms with Gasteiger partial charge in [0.15, 0.2) is 0 Å². The molecule has 0 bridgehead atoms. The monoisotopic (exact) mass is 336 g/mol. The number of nitrogens with zero attached hydrogens (tertiary/aromatic N) is 2. The lowest BCUT2D eigenvalue weighted by Gasteiger charge is -2.17. The van der Waals surface area contributed by atoms with E-state index in [0.29, 0.717) is 23.2 Å². The Kier molecular flexibility index (Phi) is 4.69. The summed E-state index contributed by atoms with van der Waals surface area (Å²) in [4.78, 5) is 20.7. The Morgan fingerprint density at radius 1 is 1.25 bits per heavy atom. The molecule has 2 fully saturated rings. The fourth-order valence-corrected chi connectivity index (χ4v) is 2.84. The lowest BCUT2D eigenvalue weighted by molar-refractivity contribution is -0.122. The smallest absolute Gasteiger partial charge is 0.290 e. The van der Waals surface area contributed by atoms with Crippen molar-refractivity contribution in [2.45, 2.75) is 24.4 Å². The summed E-state index contributed by atoms with van der Waals surface area (Å²) in [6.45, 7) is 0.330. The number of aromatic nitrogens is 3. The second-order valence-corrected chi connectivity index (χ2v) is 5.38. The second kappa shape index (κ2) is 6.91. The van der Waals surface area contributed by atoms with E-state index in [1.165, 1.54) is 0 Å². The number of carbonyl (C=O) groups excluding carboxylic acids is 1. The molecule has 1 aromatic carbocycles. The molecule has 0 radical (unpaired) electrons. The van der Waals surface area contributed by atoms with Gasteiger partial charge in [0.1, 0.15) is 29.3 Å². The first-order valence-corrected chi connectivity index (χ1v) is 7.24. The molecule has 10 nitrogen and oxygen atoms in total. The molecule has 1 aromatic heterocycles. The summed E-state index contributed by atoms with van der Waals surface area (Å²) in [6.07, 6.45) is -1.27. The molecule has 0 spiro atoms. The summed E-state index contributed by atoms with van der Waals surface area (Å²) < 4.78 is 11.0. The second-order valence-electron chi connectivity index (χ2n) is 5.38. The maximum absolute atomic E-state index is 12.3. The van der Waals surface area contributed by atoms with Crippen LogP contribution in [-0.2, 0) is 14.3 Å². The molecule has 0 saturated carbocycles. The number of carboxylic acid groups (broad SMARTS) is 1. The van der Waals surface area contributed by atoms with Gasteiger partial charge in [0.05, 0.1) is 19.3 Å². The lowest BCUT2D eigenvalue weighted by Crippen LogP contribution is -2.44. The van der Waals surface area contributed by atoms with Gasteiger partial charge in [0, 0.05) is 5.56 Å². The number of nitrogens with one attached hydrogen (secondary N) is 2. The van der Waals surface area contributed by atoms with E-state index in [-0.39, 0.29) is 37.2 Å². The summed E-state index contributed by atoms with van der Waals surface area (Å²) in [7, 11) is 0. The van der Waals surface area contributed by atoms with Crippen molar-refractivity contribution in [3.63, 3.8) is 0 Å². The van der Waals surface area contributed by atoms with Crippen LogP contribution in [0.1, 0.15) is 10.4 Å². The third kappa shape index (κ3) is 3.07. The number of H-pyrrole nitrogens is 1. The molecule has 2 aliphatic rings. The Labute approximate surface area is 135 Å². The van der Waals surface area contributed by atoms with E-state index in [2.05, 4.69) is 20.7 Å². The van der Waals surface area contributed by atoms with Crippen LogP contribution in [0.15, 0.2) is 18.2 Å². The first kappa shape index (κ1) is 16.3. The summed E-state index contributed by atoms with van der Waals surface area (Å²) in [6, 6.07) is 4.84. The fourth-order valence-electron chi connectivity index (χ4n) is 2.84. The zero-order valence-corrected chi connectivity index (χ0v) is 12.5. The molecule has 4 N–H and O–H groups in total. The average molecular weight is 336 g/mol. The van der Waals surface area contributed by atoms with Crippen molar-refractivity contribution in [2.75, 3.05) is 13.2 Å². The van der Waals surface area contributed by atoms with Crippen LogP contribution in [0, 0.1) is 0 Å². The van der Waals surface area contributed by atoms with Gasteiger partial charge in [0.25, 0.3) is 12.4 Å². The van der Waals surface area contributed by atoms with Gasteiger partial charge < -0.3 is 25.0 Å². The lowest BCUT2D eigenvalue weighted by atomic mass is 10.1. The molecule has 3 heterocycles. The Hall–Kier alpha value is -2.56. The van der Waals surface area contributed by atoms with Crippen LogP contribution < -0.4 is 5.32 Å². The van der Waals surface area contributed by atoms with Crippen molar-refractivity contribution in [3.8, 4) is 0 Å². The number of carbonyl (C=O) groups is 2. The van der Waals surface area contributed by atoms with E-state index in [1.54, 1.807) is 18.2 Å². The maximum Gasteiger partial charge on any atom is 0.290 e. The maximum atomic E-state index is 12.3. The minimum absolute atomic E-state index is 0.223. The van der Waals surface area contributed by atoms with E-state index in [9.17, 15) is 9.90 Å². The number of aliphatic hydroxyl groups excluding tert-OH is 1. The quantitative estimate of drug-likeness (QED) is 0.506. The highest BCUT2D eigenvalue weighted by Crippen LogP contribution is 2.27. The highest BCUT2D eigenvalue weighted by atomic mass is 16.6. The zero-order chi connectivity index (χ0) is 17.1. The molecule has 24 heavy (non-hydrogen) atoms. The zero-order valence-electron chi connectivity index (χ0n) is 12.5. The number of benzene rings is 1. The molecule has 128 valence electrons. The first-order chi connectivity index (χ1) is 11.6. The van der Waals surface area contributed by atoms with Crippen LogP contribution in [0.25, 0.3) is 11.0 Å². The van der Waals surface area contributed by atoms with Crippen LogP contribution in [0.4, 0.5) is 0 Å². The fraction of sp³-hybridized carbons (Fsp3) is 0.429. The van der Waals surface area contributed by atoms with Gasteiger partial charge in [-0.2, -0.15) is 15.4 Å². The van der Waals surface area contributed by atoms with Crippen LogP contribution in [0.5, 0.6) is 0 Å². The molecular formula is C14H16N4O6. The normalized spacial score (nSPS) is 28.0. The predicted octanol–water partition coefficient (Wildman–Crippen LogP) is -1.08. The number of hydrogen-bond acceptors (Lipinski definition) is 7. The van der Waals surface area contributed by atoms with Gasteiger partial charge in [-0.3, -0.25) is 9.59 Å². The summed E-state index contributed by atoms with van der Waals surface area (Å²) >= 11 is 0. The number of amides is 1. The van der Waals surface area contributed by atoms with Crippen molar-refractivity contribution < 1.29 is 29.3 Å². The van der Waals surface area contributed by atoms with Crippen LogP contribution in [-0.4, -0.2) is 75.6 Å². The van der Waals surface area contributed by atoms with E-state index < -0.39 is 6.10 Å². The summed E-state index contributed by atoms with van der Waals surface area (Å²) in [5, 5.41) is 29.9. The first-order valence-electron chi connectivity index (χ1n) is 7.24. The van der Waals surface area contributed by atoms with E-state index in [0.717, 1.165) is 0 Å². The molecule has 2 aliphatic heterocycles. The molecule has 2 aromatic rings. The van der Waals surface area contributed by atoms with E-state index >= 15 is 0 Å². The van der Waals surface area contributed by atoms with E-state index in [1.807, 2.05) is 0 Å². The van der Waals surface area contributed by atoms with E-state index in [4.69, 9.17) is 19.4 Å².